The SMILES string of the molecule is COC(=O)c1ccc2c(c1)N(C[C@@H]1CC[C@H]1[C@@H](OC)C1=CC[C@H](COS(C)(=O)=O)CC1)CC1(CCCc3cc(Cl)ccc31)CO2. The molecular weight excluding hydrogens is 614 g/mol. The Morgan fingerprint density at radius 1 is 1.13 bits per heavy atom. The number of rotatable bonds is 9. The molecule has 1 saturated carbocycles. The van der Waals surface area contributed by atoms with Crippen molar-refractivity contribution in [3.8, 4) is 5.75 Å². The van der Waals surface area contributed by atoms with Crippen molar-refractivity contribution in [2.45, 2.75) is 62.9 Å². The maximum atomic E-state index is 12.6. The number of aryl methyl sites for hydroxylation is 1. The Hall–Kier alpha value is -2.59. The monoisotopic (exact) mass is 657 g/mol. The Labute approximate surface area is 272 Å². The maximum Gasteiger partial charge on any atom is 0.337 e. The molecule has 0 radical (unpaired) electrons. The molecule has 6 rings (SSSR count). The predicted octanol–water partition coefficient (Wildman–Crippen LogP) is 6.34. The molecule has 0 N–H and O–H groups in total. The van der Waals surface area contributed by atoms with Gasteiger partial charge in [-0.2, -0.15) is 8.42 Å². The fourth-order valence-electron chi connectivity index (χ4n) is 8.00. The van der Waals surface area contributed by atoms with Crippen molar-refractivity contribution in [1.82, 2.24) is 0 Å². The van der Waals surface area contributed by atoms with Crippen LogP contribution in [-0.2, 0) is 35.6 Å². The van der Waals surface area contributed by atoms with Gasteiger partial charge >= 0.3 is 5.97 Å². The molecular formula is C35H44ClNO7S. The molecule has 10 heteroatoms. The summed E-state index contributed by atoms with van der Waals surface area (Å²) in [6, 6.07) is 11.9. The van der Waals surface area contributed by atoms with Crippen LogP contribution in [0.15, 0.2) is 48.0 Å². The number of nitrogens with zero attached hydrogens (tertiary/aromatic N) is 1. The van der Waals surface area contributed by atoms with E-state index in [4.69, 9.17) is 30.0 Å². The van der Waals surface area contributed by atoms with E-state index >= 15 is 0 Å². The first-order chi connectivity index (χ1) is 21.6. The largest absolute Gasteiger partial charge is 0.490 e. The number of allylic oxidation sites excluding steroid dienone is 1. The number of fused-ring (bicyclic) bond motifs is 3. The molecule has 2 aromatic carbocycles. The van der Waals surface area contributed by atoms with Gasteiger partial charge in [-0.05, 0) is 116 Å². The highest BCUT2D eigenvalue weighted by atomic mass is 35.5. The quantitative estimate of drug-likeness (QED) is 0.175. The van der Waals surface area contributed by atoms with E-state index in [0.29, 0.717) is 24.0 Å². The molecule has 1 unspecified atom stereocenters. The van der Waals surface area contributed by atoms with Crippen molar-refractivity contribution in [2.75, 3.05) is 51.7 Å². The molecule has 45 heavy (non-hydrogen) atoms. The minimum absolute atomic E-state index is 0.0242. The van der Waals surface area contributed by atoms with Gasteiger partial charge in [-0.15, -0.1) is 0 Å². The van der Waals surface area contributed by atoms with Gasteiger partial charge in [0.1, 0.15) is 5.75 Å². The summed E-state index contributed by atoms with van der Waals surface area (Å²) in [5.41, 5.74) is 5.16. The summed E-state index contributed by atoms with van der Waals surface area (Å²) < 4.78 is 45.9. The van der Waals surface area contributed by atoms with Crippen molar-refractivity contribution >= 4 is 33.4 Å². The Morgan fingerprint density at radius 2 is 1.98 bits per heavy atom. The van der Waals surface area contributed by atoms with Gasteiger partial charge < -0.3 is 19.1 Å². The zero-order valence-corrected chi connectivity index (χ0v) is 28.0. The average Bonchev–Trinajstić information content (AvgIpc) is 3.17. The highest BCUT2D eigenvalue weighted by molar-refractivity contribution is 7.85. The maximum absolute atomic E-state index is 12.6. The molecule has 2 aromatic rings. The van der Waals surface area contributed by atoms with E-state index in [-0.39, 0.29) is 30.0 Å². The topological polar surface area (TPSA) is 91.4 Å². The summed E-state index contributed by atoms with van der Waals surface area (Å²) >= 11 is 6.43. The van der Waals surface area contributed by atoms with Gasteiger partial charge in [-0.3, -0.25) is 4.18 Å². The third-order valence-electron chi connectivity index (χ3n) is 10.5. The predicted molar refractivity (Wildman–Crippen MR) is 175 cm³/mol. The fraction of sp³-hybridized carbons (Fsp3) is 0.571. The second kappa shape index (κ2) is 13.3. The van der Waals surface area contributed by atoms with Gasteiger partial charge in [0.25, 0.3) is 10.1 Å². The van der Waals surface area contributed by atoms with Crippen LogP contribution in [0.2, 0.25) is 5.02 Å². The summed E-state index contributed by atoms with van der Waals surface area (Å²) in [4.78, 5) is 15.0. The molecule has 1 fully saturated rings. The smallest absolute Gasteiger partial charge is 0.337 e. The van der Waals surface area contributed by atoms with Gasteiger partial charge in [0.2, 0.25) is 0 Å². The number of carbonyl (C=O) groups excluding carboxylic acids is 1. The minimum Gasteiger partial charge on any atom is -0.490 e. The van der Waals surface area contributed by atoms with Crippen LogP contribution < -0.4 is 9.64 Å². The van der Waals surface area contributed by atoms with Crippen LogP contribution in [0.3, 0.4) is 0 Å². The lowest BCUT2D eigenvalue weighted by molar-refractivity contribution is 0.00284. The normalized spacial score (nSPS) is 26.9. The first kappa shape index (κ1) is 32.4. The molecule has 8 nitrogen and oxygen atoms in total. The Balaban J connectivity index is 1.26. The molecule has 0 amide bonds. The summed E-state index contributed by atoms with van der Waals surface area (Å²) in [7, 11) is -0.229. The Kier molecular flexibility index (Phi) is 9.53. The number of methoxy groups -OCH3 is 2. The van der Waals surface area contributed by atoms with E-state index in [1.54, 1.807) is 13.2 Å². The molecule has 0 saturated heterocycles. The standard InChI is InChI=1S/C35H44ClNO7S/c1-41-33(24-8-6-23(7-9-24)20-44-45(3,39)40)29-13-10-27(29)19-37-21-35(16-4-5-25-17-28(36)12-14-30(25)35)22-43-32-15-11-26(18-31(32)37)34(38)42-2/h8,11-12,14-15,17-18,23,27,29,33H,4-7,9-10,13,16,19-22H2,1-3H3/t23-,27-,29+,33-,35?/m0/s1. The Morgan fingerprint density at radius 3 is 2.67 bits per heavy atom. The highest BCUT2D eigenvalue weighted by Crippen LogP contribution is 2.48. The van der Waals surface area contributed by atoms with Crippen LogP contribution in [0.5, 0.6) is 5.75 Å². The van der Waals surface area contributed by atoms with Crippen LogP contribution in [0.25, 0.3) is 0 Å². The zero-order valence-electron chi connectivity index (χ0n) is 26.4. The van der Waals surface area contributed by atoms with Gasteiger partial charge in [-0.1, -0.05) is 23.7 Å². The molecule has 5 atom stereocenters. The zero-order chi connectivity index (χ0) is 31.8. The molecule has 0 aromatic heterocycles. The molecule has 1 spiro atoms. The lowest BCUT2D eigenvalue weighted by atomic mass is 9.66. The van der Waals surface area contributed by atoms with Crippen LogP contribution in [0.4, 0.5) is 5.69 Å². The van der Waals surface area contributed by atoms with Gasteiger partial charge in [-0.25, -0.2) is 4.79 Å². The van der Waals surface area contributed by atoms with Crippen molar-refractivity contribution < 1.29 is 31.6 Å². The summed E-state index contributed by atoms with van der Waals surface area (Å²) in [6.45, 7) is 2.40. The third kappa shape index (κ3) is 6.92. The van der Waals surface area contributed by atoms with Gasteiger partial charge in [0, 0.05) is 30.6 Å². The molecule has 1 aliphatic heterocycles. The second-order valence-corrected chi connectivity index (χ2v) is 15.4. The number of benzene rings is 2. The molecule has 3 aliphatic carbocycles. The van der Waals surface area contributed by atoms with E-state index in [0.717, 1.165) is 87.2 Å². The highest BCUT2D eigenvalue weighted by Gasteiger charge is 2.45. The fourth-order valence-corrected chi connectivity index (χ4v) is 8.64. The van der Waals surface area contributed by atoms with Gasteiger partial charge in [0.15, 0.2) is 0 Å². The lowest BCUT2D eigenvalue weighted by Crippen LogP contribution is -2.50. The number of carbonyl (C=O) groups is 1. The number of ether oxygens (including phenoxy) is 3. The number of hydrogen-bond acceptors (Lipinski definition) is 8. The van der Waals surface area contributed by atoms with Crippen LogP contribution in [0, 0.1) is 17.8 Å². The van der Waals surface area contributed by atoms with E-state index in [9.17, 15) is 13.2 Å². The first-order valence-electron chi connectivity index (χ1n) is 16.0. The number of anilines is 1. The van der Waals surface area contributed by atoms with E-state index < -0.39 is 10.1 Å². The summed E-state index contributed by atoms with van der Waals surface area (Å²) in [6.07, 6.45) is 11.2. The van der Waals surface area contributed by atoms with Crippen LogP contribution in [0.1, 0.15) is 66.4 Å². The van der Waals surface area contributed by atoms with Gasteiger partial charge in [0.05, 0.1) is 43.9 Å². The lowest BCUT2D eigenvalue weighted by Gasteiger charge is -2.47. The minimum atomic E-state index is -3.44. The van der Waals surface area contributed by atoms with Crippen LogP contribution in [-0.4, -0.2) is 67.3 Å². The Bertz CT molecular complexity index is 1560. The third-order valence-corrected chi connectivity index (χ3v) is 11.3. The van der Waals surface area contributed by atoms with Crippen molar-refractivity contribution in [3.05, 3.63) is 69.8 Å². The molecule has 0 bridgehead atoms. The average molecular weight is 658 g/mol. The molecule has 244 valence electrons. The summed E-state index contributed by atoms with van der Waals surface area (Å²) in [5, 5.41) is 0.761. The molecule has 4 aliphatic rings. The number of halogens is 1. The second-order valence-electron chi connectivity index (χ2n) is 13.3. The first-order valence-corrected chi connectivity index (χ1v) is 18.2. The van der Waals surface area contributed by atoms with Crippen molar-refractivity contribution in [2.24, 2.45) is 17.8 Å². The van der Waals surface area contributed by atoms with Crippen LogP contribution >= 0.6 is 11.6 Å². The molecule has 1 heterocycles. The van der Waals surface area contributed by atoms with Crippen molar-refractivity contribution in [1.29, 1.82) is 0 Å². The van der Waals surface area contributed by atoms with Crippen molar-refractivity contribution in [3.63, 3.8) is 0 Å². The summed E-state index contributed by atoms with van der Waals surface area (Å²) in [5.74, 6) is 1.40. The number of hydrogen-bond donors (Lipinski definition) is 0. The van der Waals surface area contributed by atoms with E-state index in [1.807, 2.05) is 18.2 Å². The number of esters is 1. The van der Waals surface area contributed by atoms with E-state index in [1.165, 1.54) is 23.8 Å². The van der Waals surface area contributed by atoms with E-state index in [2.05, 4.69) is 23.1 Å².